The lowest BCUT2D eigenvalue weighted by molar-refractivity contribution is 0.669. The van der Waals surface area contributed by atoms with Crippen LogP contribution in [0.2, 0.25) is 0 Å². The minimum Gasteiger partial charge on any atom is -0.456 e. The van der Waals surface area contributed by atoms with Gasteiger partial charge in [-0.3, -0.25) is 0 Å². The molecule has 0 amide bonds. The summed E-state index contributed by atoms with van der Waals surface area (Å²) in [6.45, 7) is 8.99. The highest BCUT2D eigenvalue weighted by Gasteiger charge is 2.25. The molecule has 0 saturated heterocycles. The maximum atomic E-state index is 8.99. The van der Waals surface area contributed by atoms with E-state index in [-0.39, 0.29) is 0 Å². The number of hydrogen-bond donors (Lipinski definition) is 0. The third-order valence-corrected chi connectivity index (χ3v) is 14.2. The van der Waals surface area contributed by atoms with Gasteiger partial charge in [-0.1, -0.05) is 152 Å². The summed E-state index contributed by atoms with van der Waals surface area (Å²) in [5.41, 5.74) is 13.7. The predicted octanol–water partition coefficient (Wildman–Crippen LogP) is 17.1. The van der Waals surface area contributed by atoms with Gasteiger partial charge in [-0.2, -0.15) is 0 Å². The second kappa shape index (κ2) is 15.5. The Bertz CT molecular complexity index is 4710. The molecule has 0 bridgehead atoms. The van der Waals surface area contributed by atoms with Crippen LogP contribution in [0.25, 0.3) is 149 Å². The summed E-state index contributed by atoms with van der Waals surface area (Å²) in [7, 11) is 0. The summed E-state index contributed by atoms with van der Waals surface area (Å²) in [5, 5.41) is 8.59. The van der Waals surface area contributed by atoms with E-state index in [2.05, 4.69) is 147 Å². The molecule has 0 spiro atoms. The molecule has 5 aromatic heterocycles. The smallest absolute Gasteiger partial charge is 0.218 e. The Morgan fingerprint density at radius 1 is 0.333 bits per heavy atom. The molecule has 0 saturated carbocycles. The maximum absolute atomic E-state index is 8.99. The molecule has 15 aromatic rings. The fourth-order valence-electron chi connectivity index (χ4n) is 11.1. The Labute approximate surface area is 410 Å². The van der Waals surface area contributed by atoms with Crippen molar-refractivity contribution in [2.45, 2.75) is 0 Å². The van der Waals surface area contributed by atoms with E-state index in [1.807, 2.05) is 84.9 Å². The van der Waals surface area contributed by atoms with E-state index in [1.54, 1.807) is 0 Å². The molecule has 0 aliphatic carbocycles. The van der Waals surface area contributed by atoms with Gasteiger partial charge >= 0.3 is 0 Å². The summed E-state index contributed by atoms with van der Waals surface area (Å²) >= 11 is 0. The van der Waals surface area contributed by atoms with Gasteiger partial charge in [-0.05, 0) is 77.9 Å². The number of para-hydroxylation sites is 5. The zero-order valence-corrected chi connectivity index (χ0v) is 38.3. The van der Waals surface area contributed by atoms with E-state index in [1.165, 1.54) is 0 Å². The van der Waals surface area contributed by atoms with Crippen molar-refractivity contribution in [1.82, 2.24) is 24.1 Å². The first-order chi connectivity index (χ1) is 35.7. The van der Waals surface area contributed by atoms with Crippen molar-refractivity contribution in [3.05, 3.63) is 230 Å². The zero-order valence-electron chi connectivity index (χ0n) is 38.3. The van der Waals surface area contributed by atoms with Crippen molar-refractivity contribution in [3.63, 3.8) is 0 Å². The standard InChI is InChI=1S/C64H36N6O2/c1-65-61-41(25-16-28-51(61)69-47-26-12-8-21-42(47)57-49(69)33-35-55-59(57)45-23-10-14-29-53(45)71-55)40-31-32-44(64-67-62(38-17-4-2-5-18-38)66-63(68-64)39-19-6-3-7-20-39)52(37-40)70-48-27-13-9-22-43(48)58-50(70)34-36-56-60(58)46-24-11-15-30-54(46)72-56/h2-37H. The first-order valence-electron chi connectivity index (χ1n) is 23.9. The highest BCUT2D eigenvalue weighted by molar-refractivity contribution is 6.29. The van der Waals surface area contributed by atoms with Crippen molar-refractivity contribution < 1.29 is 8.83 Å². The van der Waals surface area contributed by atoms with E-state index in [4.69, 9.17) is 30.4 Å². The first-order valence-corrected chi connectivity index (χ1v) is 23.9. The van der Waals surface area contributed by atoms with Gasteiger partial charge in [0.15, 0.2) is 17.5 Å². The monoisotopic (exact) mass is 920 g/mol. The average Bonchev–Trinajstić information content (AvgIpc) is 4.20. The van der Waals surface area contributed by atoms with Gasteiger partial charge in [0.25, 0.3) is 0 Å². The minimum absolute atomic E-state index is 0.521. The molecular weight excluding hydrogens is 885 g/mol. The normalized spacial score (nSPS) is 11.9. The lowest BCUT2D eigenvalue weighted by Gasteiger charge is -2.18. The molecule has 0 N–H and O–H groups in total. The fraction of sp³-hybridized carbons (Fsp3) is 0. The van der Waals surface area contributed by atoms with Crippen LogP contribution < -0.4 is 0 Å². The Balaban J connectivity index is 1.02. The summed E-state index contributed by atoms with van der Waals surface area (Å²) < 4.78 is 17.5. The van der Waals surface area contributed by atoms with Crippen LogP contribution in [0, 0.1) is 6.57 Å². The van der Waals surface area contributed by atoms with Gasteiger partial charge in [0, 0.05) is 59.8 Å². The fourth-order valence-corrected chi connectivity index (χ4v) is 11.1. The lowest BCUT2D eigenvalue weighted by Crippen LogP contribution is -2.04. The minimum atomic E-state index is 0.521. The summed E-state index contributed by atoms with van der Waals surface area (Å²) in [4.78, 5) is 20.0. The van der Waals surface area contributed by atoms with E-state index >= 15 is 0 Å². The number of fused-ring (bicyclic) bond motifs is 14. The molecule has 15 rings (SSSR count). The highest BCUT2D eigenvalue weighted by Crippen LogP contribution is 2.47. The van der Waals surface area contributed by atoms with Crippen LogP contribution in [-0.2, 0) is 0 Å². The number of hydrogen-bond acceptors (Lipinski definition) is 5. The van der Waals surface area contributed by atoms with Gasteiger partial charge in [0.1, 0.15) is 22.3 Å². The molecule has 10 aromatic carbocycles. The second-order valence-electron chi connectivity index (χ2n) is 18.1. The maximum Gasteiger partial charge on any atom is 0.218 e. The molecule has 0 unspecified atom stereocenters. The van der Waals surface area contributed by atoms with Crippen LogP contribution in [-0.4, -0.2) is 24.1 Å². The van der Waals surface area contributed by atoms with E-state index < -0.39 is 0 Å². The zero-order chi connectivity index (χ0) is 47.4. The largest absolute Gasteiger partial charge is 0.456 e. The Kier molecular flexibility index (Phi) is 8.55. The molecule has 0 atom stereocenters. The number of benzene rings is 10. The summed E-state index contributed by atoms with van der Waals surface area (Å²) in [6.07, 6.45) is 0. The third kappa shape index (κ3) is 5.82. The summed E-state index contributed by atoms with van der Waals surface area (Å²) in [6, 6.07) is 74.6. The molecule has 8 nitrogen and oxygen atoms in total. The van der Waals surface area contributed by atoms with Crippen LogP contribution in [0.1, 0.15) is 0 Å². The number of aromatic nitrogens is 5. The molecule has 8 heteroatoms. The lowest BCUT2D eigenvalue weighted by atomic mass is 9.99. The van der Waals surface area contributed by atoms with Gasteiger partial charge in [0.05, 0.1) is 40.0 Å². The van der Waals surface area contributed by atoms with Gasteiger partial charge < -0.3 is 18.0 Å². The van der Waals surface area contributed by atoms with Crippen LogP contribution >= 0.6 is 0 Å². The first kappa shape index (κ1) is 39.9. The van der Waals surface area contributed by atoms with Crippen molar-refractivity contribution in [2.24, 2.45) is 0 Å². The van der Waals surface area contributed by atoms with Crippen LogP contribution in [0.15, 0.2) is 227 Å². The van der Waals surface area contributed by atoms with Crippen LogP contribution in [0.4, 0.5) is 5.69 Å². The Morgan fingerprint density at radius 2 is 0.819 bits per heavy atom. The number of furan rings is 2. The second-order valence-corrected chi connectivity index (χ2v) is 18.1. The van der Waals surface area contributed by atoms with E-state index in [0.29, 0.717) is 23.2 Å². The van der Waals surface area contributed by atoms with E-state index in [0.717, 1.165) is 127 Å². The van der Waals surface area contributed by atoms with Crippen molar-refractivity contribution in [1.29, 1.82) is 0 Å². The average molecular weight is 921 g/mol. The molecule has 0 aliphatic rings. The molecule has 0 radical (unpaired) electrons. The molecule has 5 heterocycles. The van der Waals surface area contributed by atoms with Crippen molar-refractivity contribution in [2.75, 3.05) is 0 Å². The SMILES string of the molecule is [C-]#[N+]c1c(-c2ccc(-c3nc(-c4ccccc4)nc(-c4ccccc4)n3)c(-n3c4ccccc4c4c5c(ccc43)oc3ccccc35)c2)cccc1-n1c2ccccc2c2c3c(ccc21)oc1ccccc13. The molecule has 334 valence electrons. The van der Waals surface area contributed by atoms with Crippen LogP contribution in [0.3, 0.4) is 0 Å². The third-order valence-electron chi connectivity index (χ3n) is 14.2. The van der Waals surface area contributed by atoms with E-state index in [9.17, 15) is 0 Å². The van der Waals surface area contributed by atoms with Crippen LogP contribution in [0.5, 0.6) is 0 Å². The number of nitrogens with zero attached hydrogens (tertiary/aromatic N) is 6. The van der Waals surface area contributed by atoms with Crippen molar-refractivity contribution in [3.8, 4) is 56.7 Å². The van der Waals surface area contributed by atoms with Gasteiger partial charge in [-0.25, -0.2) is 19.8 Å². The topological polar surface area (TPSA) is 79.2 Å². The van der Waals surface area contributed by atoms with Gasteiger partial charge in [0.2, 0.25) is 5.69 Å². The Morgan fingerprint density at radius 3 is 1.38 bits per heavy atom. The quantitative estimate of drug-likeness (QED) is 0.155. The molecular formula is C64H36N6O2. The molecule has 72 heavy (non-hydrogen) atoms. The number of rotatable bonds is 6. The predicted molar refractivity (Wildman–Crippen MR) is 291 cm³/mol. The molecule has 0 fully saturated rings. The molecule has 0 aliphatic heterocycles. The summed E-state index contributed by atoms with van der Waals surface area (Å²) in [5.74, 6) is 1.66. The van der Waals surface area contributed by atoms with Gasteiger partial charge in [-0.15, -0.1) is 0 Å². The Hall–Kier alpha value is -10.1. The van der Waals surface area contributed by atoms with Crippen molar-refractivity contribution >= 4 is 93.2 Å². The highest BCUT2D eigenvalue weighted by atomic mass is 16.3.